The van der Waals surface area contributed by atoms with Crippen LogP contribution in [0.15, 0.2) is 17.4 Å². The maximum atomic E-state index is 4.44. The van der Waals surface area contributed by atoms with Crippen molar-refractivity contribution in [2.45, 2.75) is 0 Å². The Morgan fingerprint density at radius 3 is 2.38 bits per heavy atom. The van der Waals surface area contributed by atoms with Crippen LogP contribution in [0.25, 0.3) is 0 Å². The van der Waals surface area contributed by atoms with Crippen molar-refractivity contribution in [3.63, 3.8) is 0 Å². The van der Waals surface area contributed by atoms with Crippen molar-refractivity contribution < 1.29 is 4.84 Å². The van der Waals surface area contributed by atoms with Gasteiger partial charge in [0, 0.05) is 0 Å². The summed E-state index contributed by atoms with van der Waals surface area (Å²) in [5.41, 5.74) is 2.27. The second kappa shape index (κ2) is 5.93. The lowest BCUT2D eigenvalue weighted by Gasteiger charge is -1.96. The van der Waals surface area contributed by atoms with E-state index in [1.807, 2.05) is 0 Å². The van der Waals surface area contributed by atoms with E-state index in [1.54, 1.807) is 12.3 Å². The Labute approximate surface area is 46.9 Å². The second-order valence-corrected chi connectivity index (χ2v) is 0.816. The minimum absolute atomic E-state index is 1.51. The van der Waals surface area contributed by atoms with Crippen LogP contribution >= 0.6 is 0 Å². The van der Waals surface area contributed by atoms with Crippen LogP contribution in [-0.4, -0.2) is 6.21 Å². The quantitative estimate of drug-likeness (QED) is 0.275. The summed E-state index contributed by atoms with van der Waals surface area (Å²) in [5.74, 6) is 8.00. The highest BCUT2D eigenvalue weighted by Gasteiger charge is 1.73. The van der Waals surface area contributed by atoms with E-state index in [0.717, 1.165) is 0 Å². The molecular formula is C3H8N4O. The van der Waals surface area contributed by atoms with Crippen molar-refractivity contribution in [3.05, 3.63) is 12.3 Å². The molecule has 0 saturated carbocycles. The molecule has 0 aromatic rings. The van der Waals surface area contributed by atoms with E-state index in [2.05, 4.69) is 27.2 Å². The first-order valence-electron chi connectivity index (χ1n) is 1.92. The number of hydrazone groups is 1. The topological polar surface area (TPSA) is 85.7 Å². The molecule has 0 bridgehead atoms. The molecule has 1 aliphatic rings. The molecule has 0 amide bonds. The molecule has 1 aliphatic heterocycles. The standard InChI is InChI=1S/C3H4N2O.H4N2/c1-2-4-5-6-3-1;1-2/h1-3,5H;1-2H2. The zero-order valence-corrected chi connectivity index (χ0v) is 4.24. The molecule has 0 aromatic carbocycles. The fourth-order valence-electron chi connectivity index (χ4n) is 0.209. The molecule has 0 radical (unpaired) electrons. The molecule has 5 nitrogen and oxygen atoms in total. The number of allylic oxidation sites excluding steroid dienone is 1. The third-order valence-corrected chi connectivity index (χ3v) is 0.413. The molecule has 0 saturated heterocycles. The Bertz CT molecular complexity index is 77.3. The normalized spacial score (nSPS) is 12.8. The molecule has 0 aliphatic carbocycles. The molecule has 0 fully saturated rings. The van der Waals surface area contributed by atoms with E-state index < -0.39 is 0 Å². The fraction of sp³-hybridized carbons (Fsp3) is 0. The first kappa shape index (κ1) is 6.93. The highest BCUT2D eigenvalue weighted by Crippen LogP contribution is 1.74. The molecule has 1 heterocycles. The Morgan fingerprint density at radius 2 is 2.25 bits per heavy atom. The monoisotopic (exact) mass is 116 g/mol. The number of nitrogens with two attached hydrogens (primary N) is 2. The van der Waals surface area contributed by atoms with E-state index in [4.69, 9.17) is 0 Å². The van der Waals surface area contributed by atoms with Gasteiger partial charge in [0.2, 0.25) is 0 Å². The van der Waals surface area contributed by atoms with E-state index in [0.29, 0.717) is 0 Å². The summed E-state index contributed by atoms with van der Waals surface area (Å²) in [7, 11) is 0. The molecule has 0 spiro atoms. The fourth-order valence-corrected chi connectivity index (χ4v) is 0.209. The predicted octanol–water partition coefficient (Wildman–Crippen LogP) is -1.16. The summed E-state index contributed by atoms with van der Waals surface area (Å²) >= 11 is 0. The van der Waals surface area contributed by atoms with Crippen LogP contribution in [0.3, 0.4) is 0 Å². The number of nitrogens with zero attached hydrogens (tertiary/aromatic N) is 1. The molecular weight excluding hydrogens is 108 g/mol. The highest BCUT2D eigenvalue weighted by molar-refractivity contribution is 5.70. The summed E-state index contributed by atoms with van der Waals surface area (Å²) < 4.78 is 0. The first-order chi connectivity index (χ1) is 4.00. The molecule has 5 N–H and O–H groups in total. The summed E-state index contributed by atoms with van der Waals surface area (Å²) in [4.78, 5) is 4.44. The first-order valence-corrected chi connectivity index (χ1v) is 1.92. The lowest BCUT2D eigenvalue weighted by Crippen LogP contribution is -2.03. The third-order valence-electron chi connectivity index (χ3n) is 0.413. The molecule has 0 unspecified atom stereocenters. The van der Waals surface area contributed by atoms with Gasteiger partial charge in [-0.3, -0.25) is 11.7 Å². The van der Waals surface area contributed by atoms with Gasteiger partial charge in [-0.2, -0.15) is 5.10 Å². The van der Waals surface area contributed by atoms with E-state index in [9.17, 15) is 0 Å². The lowest BCUT2D eigenvalue weighted by atomic mass is 10.7. The molecule has 8 heavy (non-hydrogen) atoms. The summed E-state index contributed by atoms with van der Waals surface area (Å²) in [6.45, 7) is 0. The van der Waals surface area contributed by atoms with Crippen molar-refractivity contribution in [2.75, 3.05) is 0 Å². The van der Waals surface area contributed by atoms with E-state index in [1.165, 1.54) is 6.26 Å². The van der Waals surface area contributed by atoms with Gasteiger partial charge >= 0.3 is 0 Å². The van der Waals surface area contributed by atoms with Crippen LogP contribution in [0.2, 0.25) is 0 Å². The Balaban J connectivity index is 0.000000222. The zero-order valence-electron chi connectivity index (χ0n) is 4.24. The van der Waals surface area contributed by atoms with Gasteiger partial charge in [-0.25, -0.2) is 0 Å². The molecule has 0 atom stereocenters. The number of hydrazine groups is 1. The number of rotatable bonds is 0. The molecule has 1 rings (SSSR count). The molecule has 5 heteroatoms. The largest absolute Gasteiger partial charge is 0.373 e. The van der Waals surface area contributed by atoms with Crippen LogP contribution in [0.1, 0.15) is 0 Å². The lowest BCUT2D eigenvalue weighted by molar-refractivity contribution is 0.136. The van der Waals surface area contributed by atoms with Crippen LogP contribution in [0.5, 0.6) is 0 Å². The zero-order chi connectivity index (χ0) is 6.24. The predicted molar refractivity (Wildman–Crippen MR) is 30.2 cm³/mol. The van der Waals surface area contributed by atoms with Crippen LogP contribution < -0.4 is 17.3 Å². The summed E-state index contributed by atoms with van der Waals surface area (Å²) in [5, 5.41) is 3.49. The third kappa shape index (κ3) is 3.13. The maximum absolute atomic E-state index is 4.44. The minimum atomic E-state index is 1.51. The highest BCUT2D eigenvalue weighted by atomic mass is 16.7. The van der Waals surface area contributed by atoms with E-state index >= 15 is 0 Å². The van der Waals surface area contributed by atoms with Crippen LogP contribution in [0.4, 0.5) is 0 Å². The van der Waals surface area contributed by atoms with Crippen molar-refractivity contribution in [1.29, 1.82) is 0 Å². The number of hydrogen-bond donors (Lipinski definition) is 3. The van der Waals surface area contributed by atoms with Crippen molar-refractivity contribution in [3.8, 4) is 0 Å². The van der Waals surface area contributed by atoms with Gasteiger partial charge in [0.15, 0.2) is 0 Å². The van der Waals surface area contributed by atoms with Gasteiger partial charge in [0.1, 0.15) is 6.26 Å². The van der Waals surface area contributed by atoms with Crippen LogP contribution in [0, 0.1) is 0 Å². The summed E-state index contributed by atoms with van der Waals surface area (Å²) in [6.07, 6.45) is 4.80. The second-order valence-electron chi connectivity index (χ2n) is 0.816. The Hall–Kier alpha value is -1.07. The number of nitrogens with one attached hydrogen (secondary N) is 1. The van der Waals surface area contributed by atoms with Gasteiger partial charge in [0.05, 0.1) is 6.21 Å². The van der Waals surface area contributed by atoms with E-state index in [-0.39, 0.29) is 0 Å². The SMILES string of the molecule is C1=CONN=C1.NN. The van der Waals surface area contributed by atoms with Gasteiger partial charge in [-0.1, -0.05) is 0 Å². The number of hydrogen-bond acceptors (Lipinski definition) is 5. The Morgan fingerprint density at radius 1 is 1.50 bits per heavy atom. The smallest absolute Gasteiger partial charge is 0.122 e. The average molecular weight is 116 g/mol. The Kier molecular flexibility index (Phi) is 5.14. The molecule has 46 valence electrons. The average Bonchev–Trinajstić information content (AvgIpc) is 1.96. The molecule has 0 aromatic heterocycles. The maximum Gasteiger partial charge on any atom is 0.122 e. The van der Waals surface area contributed by atoms with Crippen molar-refractivity contribution in [2.24, 2.45) is 16.8 Å². The van der Waals surface area contributed by atoms with Crippen LogP contribution in [-0.2, 0) is 4.84 Å². The summed E-state index contributed by atoms with van der Waals surface area (Å²) in [6, 6.07) is 0. The van der Waals surface area contributed by atoms with Gasteiger partial charge < -0.3 is 4.84 Å². The van der Waals surface area contributed by atoms with Gasteiger partial charge in [0.25, 0.3) is 0 Å². The minimum Gasteiger partial charge on any atom is -0.373 e. The van der Waals surface area contributed by atoms with Crippen molar-refractivity contribution in [1.82, 2.24) is 5.59 Å². The van der Waals surface area contributed by atoms with Crippen molar-refractivity contribution >= 4 is 6.21 Å². The van der Waals surface area contributed by atoms with Gasteiger partial charge in [-0.15, -0.1) is 5.59 Å². The van der Waals surface area contributed by atoms with Gasteiger partial charge in [-0.05, 0) is 6.08 Å².